The second kappa shape index (κ2) is 5.11. The summed E-state index contributed by atoms with van der Waals surface area (Å²) in [6.45, 7) is 3.87. The molecule has 3 rings (SSSR count). The van der Waals surface area contributed by atoms with Gasteiger partial charge in [0, 0.05) is 44.6 Å². The van der Waals surface area contributed by atoms with E-state index in [2.05, 4.69) is 14.6 Å². The normalized spacial score (nSPS) is 18.7. The molecule has 1 fully saturated rings. The SMILES string of the molecule is Cc1cn(C)c([C@H]2CCN(C(=O)Cn3cccn3)C2)n1. The molecule has 106 valence electrons. The highest BCUT2D eigenvalue weighted by atomic mass is 16.2. The van der Waals surface area contributed by atoms with Gasteiger partial charge in [-0.15, -0.1) is 0 Å². The summed E-state index contributed by atoms with van der Waals surface area (Å²) in [7, 11) is 2.02. The second-order valence-corrected chi connectivity index (χ2v) is 5.38. The summed E-state index contributed by atoms with van der Waals surface area (Å²) in [5.74, 6) is 1.55. The van der Waals surface area contributed by atoms with Crippen molar-refractivity contribution in [2.24, 2.45) is 7.05 Å². The van der Waals surface area contributed by atoms with Gasteiger partial charge >= 0.3 is 0 Å². The number of carbonyl (C=O) groups excluding carboxylic acids is 1. The maximum atomic E-state index is 12.2. The fourth-order valence-electron chi connectivity index (χ4n) is 2.84. The van der Waals surface area contributed by atoms with Crippen LogP contribution in [0.5, 0.6) is 0 Å². The van der Waals surface area contributed by atoms with Crippen molar-refractivity contribution in [1.29, 1.82) is 0 Å². The minimum Gasteiger partial charge on any atom is -0.340 e. The molecular weight excluding hydrogens is 254 g/mol. The van der Waals surface area contributed by atoms with E-state index in [1.807, 2.05) is 37.3 Å². The van der Waals surface area contributed by atoms with Gasteiger partial charge in [-0.3, -0.25) is 9.48 Å². The molecule has 0 saturated carbocycles. The summed E-state index contributed by atoms with van der Waals surface area (Å²) >= 11 is 0. The minimum atomic E-state index is 0.127. The van der Waals surface area contributed by atoms with Gasteiger partial charge in [0.05, 0.1) is 5.69 Å². The Bertz CT molecular complexity index is 601. The van der Waals surface area contributed by atoms with Gasteiger partial charge < -0.3 is 9.47 Å². The lowest BCUT2D eigenvalue weighted by Crippen LogP contribution is -2.32. The molecule has 6 nitrogen and oxygen atoms in total. The van der Waals surface area contributed by atoms with Crippen LogP contribution in [0.25, 0.3) is 0 Å². The largest absolute Gasteiger partial charge is 0.340 e. The quantitative estimate of drug-likeness (QED) is 0.836. The average molecular weight is 273 g/mol. The smallest absolute Gasteiger partial charge is 0.244 e. The Balaban J connectivity index is 1.64. The number of carbonyl (C=O) groups is 1. The van der Waals surface area contributed by atoms with Crippen molar-refractivity contribution < 1.29 is 4.79 Å². The first-order valence-electron chi connectivity index (χ1n) is 6.88. The van der Waals surface area contributed by atoms with Crippen LogP contribution < -0.4 is 0 Å². The van der Waals surface area contributed by atoms with Gasteiger partial charge in [-0.05, 0) is 19.4 Å². The van der Waals surface area contributed by atoms with Crippen molar-refractivity contribution in [1.82, 2.24) is 24.2 Å². The van der Waals surface area contributed by atoms with Crippen LogP contribution in [0, 0.1) is 6.92 Å². The van der Waals surface area contributed by atoms with Crippen LogP contribution in [0.4, 0.5) is 0 Å². The summed E-state index contributed by atoms with van der Waals surface area (Å²) in [6.07, 6.45) is 6.52. The molecule has 0 radical (unpaired) electrons. The fourth-order valence-corrected chi connectivity index (χ4v) is 2.84. The van der Waals surface area contributed by atoms with Crippen LogP contribution in [0.1, 0.15) is 23.9 Å². The van der Waals surface area contributed by atoms with E-state index in [4.69, 9.17) is 0 Å². The predicted octanol–water partition coefficient (Wildman–Crippen LogP) is 0.941. The number of nitrogens with zero attached hydrogens (tertiary/aromatic N) is 5. The van der Waals surface area contributed by atoms with E-state index in [1.54, 1.807) is 10.9 Å². The van der Waals surface area contributed by atoms with E-state index in [1.165, 1.54) is 0 Å². The third kappa shape index (κ3) is 2.45. The van der Waals surface area contributed by atoms with Crippen LogP contribution >= 0.6 is 0 Å². The molecule has 1 saturated heterocycles. The number of aromatic nitrogens is 4. The van der Waals surface area contributed by atoms with Crippen molar-refractivity contribution >= 4 is 5.91 Å². The summed E-state index contributed by atoms with van der Waals surface area (Å²) in [5, 5.41) is 4.07. The predicted molar refractivity (Wildman–Crippen MR) is 74.1 cm³/mol. The molecule has 2 aromatic rings. The van der Waals surface area contributed by atoms with E-state index in [0.717, 1.165) is 31.0 Å². The zero-order chi connectivity index (χ0) is 14.1. The maximum absolute atomic E-state index is 12.2. The Morgan fingerprint density at radius 1 is 1.50 bits per heavy atom. The molecule has 1 aliphatic rings. The summed E-state index contributed by atoms with van der Waals surface area (Å²) in [4.78, 5) is 18.7. The molecule has 0 N–H and O–H groups in total. The number of aryl methyl sites for hydroxylation is 2. The van der Waals surface area contributed by atoms with E-state index >= 15 is 0 Å². The molecule has 1 aliphatic heterocycles. The number of hydrogen-bond acceptors (Lipinski definition) is 3. The number of amides is 1. The van der Waals surface area contributed by atoms with Gasteiger partial charge in [0.2, 0.25) is 5.91 Å². The third-order valence-corrected chi connectivity index (χ3v) is 3.80. The number of rotatable bonds is 3. The third-order valence-electron chi connectivity index (χ3n) is 3.80. The highest BCUT2D eigenvalue weighted by Crippen LogP contribution is 2.26. The molecule has 2 aromatic heterocycles. The van der Waals surface area contributed by atoms with E-state index in [0.29, 0.717) is 12.5 Å². The van der Waals surface area contributed by atoms with E-state index < -0.39 is 0 Å². The topological polar surface area (TPSA) is 56.0 Å². The average Bonchev–Trinajstić information content (AvgIpc) is 3.10. The Hall–Kier alpha value is -2.11. The first-order chi connectivity index (χ1) is 9.63. The molecule has 0 aromatic carbocycles. The molecule has 6 heteroatoms. The number of likely N-dealkylation sites (tertiary alicyclic amines) is 1. The molecule has 1 amide bonds. The van der Waals surface area contributed by atoms with E-state index in [9.17, 15) is 4.79 Å². The van der Waals surface area contributed by atoms with Gasteiger partial charge in [0.25, 0.3) is 0 Å². The molecule has 3 heterocycles. The van der Waals surface area contributed by atoms with Crippen LogP contribution in [0.2, 0.25) is 0 Å². The lowest BCUT2D eigenvalue weighted by molar-refractivity contribution is -0.131. The zero-order valence-corrected chi connectivity index (χ0v) is 11.9. The van der Waals surface area contributed by atoms with Crippen molar-refractivity contribution in [2.75, 3.05) is 13.1 Å². The molecule has 20 heavy (non-hydrogen) atoms. The molecule has 0 spiro atoms. The molecule has 0 unspecified atom stereocenters. The van der Waals surface area contributed by atoms with Crippen molar-refractivity contribution in [3.63, 3.8) is 0 Å². The van der Waals surface area contributed by atoms with Crippen LogP contribution in [0.15, 0.2) is 24.7 Å². The van der Waals surface area contributed by atoms with Crippen LogP contribution in [0.3, 0.4) is 0 Å². The Morgan fingerprint density at radius 3 is 3.00 bits per heavy atom. The highest BCUT2D eigenvalue weighted by Gasteiger charge is 2.29. The second-order valence-electron chi connectivity index (χ2n) is 5.38. The molecule has 1 atom stereocenters. The van der Waals surface area contributed by atoms with Gasteiger partial charge in [-0.1, -0.05) is 0 Å². The lowest BCUT2D eigenvalue weighted by atomic mass is 10.1. The Labute approximate surface area is 118 Å². The number of imidazole rings is 1. The van der Waals surface area contributed by atoms with Gasteiger partial charge in [0.15, 0.2) is 0 Å². The van der Waals surface area contributed by atoms with Gasteiger partial charge in [-0.2, -0.15) is 5.10 Å². The molecule has 0 bridgehead atoms. The standard InChI is InChI=1S/C14H19N5O/c1-11-8-17(2)14(16-11)12-4-7-18(9-12)13(20)10-19-6-3-5-15-19/h3,5-6,8,12H,4,7,9-10H2,1-2H3/t12-/m0/s1. The van der Waals surface area contributed by atoms with Crippen molar-refractivity contribution in [3.8, 4) is 0 Å². The maximum Gasteiger partial charge on any atom is 0.244 e. The first-order valence-corrected chi connectivity index (χ1v) is 6.88. The van der Waals surface area contributed by atoms with Crippen molar-refractivity contribution in [2.45, 2.75) is 25.8 Å². The Kier molecular flexibility index (Phi) is 3.30. The van der Waals surface area contributed by atoms with Gasteiger partial charge in [0.1, 0.15) is 12.4 Å². The monoisotopic (exact) mass is 273 g/mol. The summed E-state index contributed by atoms with van der Waals surface area (Å²) in [5.41, 5.74) is 1.03. The first kappa shape index (κ1) is 12.9. The van der Waals surface area contributed by atoms with E-state index in [-0.39, 0.29) is 5.91 Å². The highest BCUT2D eigenvalue weighted by molar-refractivity contribution is 5.76. The van der Waals surface area contributed by atoms with Crippen LogP contribution in [-0.2, 0) is 18.4 Å². The zero-order valence-electron chi connectivity index (χ0n) is 11.9. The number of hydrogen-bond donors (Lipinski definition) is 0. The summed E-state index contributed by atoms with van der Waals surface area (Å²) in [6, 6.07) is 1.83. The molecule has 0 aliphatic carbocycles. The molecular formula is C14H19N5O. The fraction of sp³-hybridized carbons (Fsp3) is 0.500. The minimum absolute atomic E-state index is 0.127. The van der Waals surface area contributed by atoms with Crippen LogP contribution in [-0.4, -0.2) is 43.2 Å². The lowest BCUT2D eigenvalue weighted by Gasteiger charge is -2.16. The Morgan fingerprint density at radius 2 is 2.35 bits per heavy atom. The summed E-state index contributed by atoms with van der Waals surface area (Å²) < 4.78 is 3.74. The van der Waals surface area contributed by atoms with Gasteiger partial charge in [-0.25, -0.2) is 4.98 Å². The van der Waals surface area contributed by atoms with Crippen molar-refractivity contribution in [3.05, 3.63) is 36.2 Å².